The Morgan fingerprint density at radius 2 is 1.64 bits per heavy atom. The lowest BCUT2D eigenvalue weighted by molar-refractivity contribution is -0.353. The van der Waals surface area contributed by atoms with Crippen LogP contribution >= 0.6 is 11.3 Å². The zero-order chi connectivity index (χ0) is 17.6. The maximum atomic E-state index is 12.5. The summed E-state index contributed by atoms with van der Waals surface area (Å²) in [5.41, 5.74) is 1.18. The van der Waals surface area contributed by atoms with Crippen molar-refractivity contribution in [3.8, 4) is 0 Å². The topological polar surface area (TPSA) is 102 Å². The molecule has 3 N–H and O–H groups in total. The zero-order valence-electron chi connectivity index (χ0n) is 12.9. The molecule has 0 atom stereocenters. The molecule has 0 saturated heterocycles. The first kappa shape index (κ1) is 16.5. The average Bonchev–Trinajstić information content (AvgIpc) is 3.10. The third-order valence-electron chi connectivity index (χ3n) is 3.31. The molecule has 0 bridgehead atoms. The van der Waals surface area contributed by atoms with Crippen LogP contribution in [0.25, 0.3) is 0 Å². The highest BCUT2D eigenvalue weighted by atomic mass is 32.1. The summed E-state index contributed by atoms with van der Waals surface area (Å²) in [6.07, 6.45) is 1.40. The Morgan fingerprint density at radius 3 is 2.36 bits per heavy atom. The number of para-hydroxylation sites is 1. The van der Waals surface area contributed by atoms with Crippen LogP contribution in [0.2, 0.25) is 0 Å². The lowest BCUT2D eigenvalue weighted by Crippen LogP contribution is -2.20. The van der Waals surface area contributed by atoms with Gasteiger partial charge in [0.2, 0.25) is 5.00 Å². The van der Waals surface area contributed by atoms with E-state index in [4.69, 9.17) is 0 Å². The van der Waals surface area contributed by atoms with Crippen molar-refractivity contribution in [1.29, 1.82) is 0 Å². The number of anilines is 2. The van der Waals surface area contributed by atoms with Crippen molar-refractivity contribution in [1.82, 2.24) is 0 Å². The lowest BCUT2D eigenvalue weighted by atomic mass is 10.1. The van der Waals surface area contributed by atoms with Crippen LogP contribution in [0.5, 0.6) is 0 Å². The highest BCUT2D eigenvalue weighted by molar-refractivity contribution is 7.18. The number of thiazole rings is 1. The molecule has 0 aliphatic heterocycles. The molecule has 2 amide bonds. The van der Waals surface area contributed by atoms with E-state index in [0.717, 1.165) is 11.3 Å². The van der Waals surface area contributed by atoms with Crippen molar-refractivity contribution in [2.75, 3.05) is 10.6 Å². The molecule has 0 aliphatic carbocycles. The van der Waals surface area contributed by atoms with Gasteiger partial charge in [0.25, 0.3) is 5.91 Å². The van der Waals surface area contributed by atoms with E-state index in [0.29, 0.717) is 21.9 Å². The van der Waals surface area contributed by atoms with Gasteiger partial charge in [0.15, 0.2) is 0 Å². The van der Waals surface area contributed by atoms with Crippen molar-refractivity contribution in [2.24, 2.45) is 5.18 Å². The van der Waals surface area contributed by atoms with Gasteiger partial charge in [-0.05, 0) is 40.8 Å². The highest BCUT2D eigenvalue weighted by Gasteiger charge is 2.20. The van der Waals surface area contributed by atoms with E-state index in [9.17, 15) is 14.5 Å². The molecule has 0 unspecified atom stereocenters. The molecule has 0 spiro atoms. The molecule has 0 saturated carbocycles. The minimum absolute atomic E-state index is 0.223. The first-order valence-corrected chi connectivity index (χ1v) is 8.10. The predicted octanol–water partition coefficient (Wildman–Crippen LogP) is 3.46. The highest BCUT2D eigenvalue weighted by Crippen LogP contribution is 2.24. The fraction of sp³-hybridized carbons (Fsp3) is 0. The second-order valence-electron chi connectivity index (χ2n) is 4.97. The molecule has 2 aromatic carbocycles. The van der Waals surface area contributed by atoms with Gasteiger partial charge in [-0.1, -0.05) is 30.3 Å². The summed E-state index contributed by atoms with van der Waals surface area (Å²) in [7, 11) is 0. The number of nitrogens with zero attached hydrogens (tertiary/aromatic N) is 1. The van der Waals surface area contributed by atoms with E-state index < -0.39 is 5.91 Å². The van der Waals surface area contributed by atoms with Crippen LogP contribution in [0.4, 0.5) is 15.8 Å². The molecule has 124 valence electrons. The Hall–Kier alpha value is -3.39. The number of rotatable bonds is 5. The number of benzene rings is 2. The normalized spacial score (nSPS) is 10.1. The number of amides is 2. The minimum atomic E-state index is -0.417. The molecular formula is C17H13N4O3S+. The van der Waals surface area contributed by atoms with E-state index in [2.05, 4.69) is 20.8 Å². The third kappa shape index (κ3) is 3.93. The van der Waals surface area contributed by atoms with Gasteiger partial charge in [0, 0.05) is 5.56 Å². The fourth-order valence-corrected chi connectivity index (χ4v) is 2.77. The Balaban J connectivity index is 1.79. The maximum absolute atomic E-state index is 12.5. The van der Waals surface area contributed by atoms with Crippen LogP contribution < -0.4 is 15.6 Å². The molecule has 25 heavy (non-hydrogen) atoms. The quantitative estimate of drug-likeness (QED) is 0.687. The summed E-state index contributed by atoms with van der Waals surface area (Å²) in [5.74, 6) is -0.726. The largest absolute Gasteiger partial charge is 0.341 e. The summed E-state index contributed by atoms with van der Waals surface area (Å²) >= 11 is 1.02. The van der Waals surface area contributed by atoms with Gasteiger partial charge in [0.05, 0.1) is 11.3 Å². The van der Waals surface area contributed by atoms with Crippen molar-refractivity contribution >= 4 is 39.0 Å². The number of hydrogen-bond donors (Lipinski definition) is 2. The Bertz CT molecular complexity index is 924. The van der Waals surface area contributed by atoms with Crippen molar-refractivity contribution < 1.29 is 14.6 Å². The smallest absolute Gasteiger partial charge is 0.321 e. The van der Waals surface area contributed by atoms with Gasteiger partial charge >= 0.3 is 11.0 Å². The second-order valence-corrected chi connectivity index (χ2v) is 6.00. The zero-order valence-corrected chi connectivity index (χ0v) is 13.7. The number of carbonyl (C=O) groups excluding carboxylic acids is 2. The number of carbonyl (C=O) groups is 2. The van der Waals surface area contributed by atoms with Crippen LogP contribution in [0.1, 0.15) is 20.7 Å². The molecule has 0 fully saturated rings. The average molecular weight is 353 g/mol. The summed E-state index contributed by atoms with van der Waals surface area (Å²) in [5, 5.41) is 8.77. The number of hydrogen-bond acceptors (Lipinski definition) is 5. The predicted molar refractivity (Wildman–Crippen MR) is 95.1 cm³/mol. The maximum Gasteiger partial charge on any atom is 0.341 e. The number of nitrogens with one attached hydrogen (secondary N) is 3. The van der Waals surface area contributed by atoms with Crippen LogP contribution in [-0.2, 0) is 0 Å². The second kappa shape index (κ2) is 7.45. The molecule has 0 aliphatic rings. The summed E-state index contributed by atoms with van der Waals surface area (Å²) in [4.78, 5) is 38.0. The number of aromatic nitrogens is 1. The summed E-state index contributed by atoms with van der Waals surface area (Å²) < 4.78 is 0. The SMILES string of the molecule is O=Nc1c[nH+]c(NC(=O)c2ccccc2NC(=O)c2ccccc2)s1. The minimum Gasteiger partial charge on any atom is -0.321 e. The lowest BCUT2D eigenvalue weighted by Gasteiger charge is -2.08. The molecule has 1 aromatic heterocycles. The van der Waals surface area contributed by atoms with Crippen molar-refractivity contribution in [3.63, 3.8) is 0 Å². The molecule has 3 rings (SSSR count). The van der Waals surface area contributed by atoms with Gasteiger partial charge < -0.3 is 5.32 Å². The van der Waals surface area contributed by atoms with Crippen LogP contribution in [0.15, 0.2) is 66.0 Å². The van der Waals surface area contributed by atoms with Gasteiger partial charge in [-0.3, -0.25) is 4.79 Å². The van der Waals surface area contributed by atoms with Gasteiger partial charge in [0.1, 0.15) is 6.20 Å². The van der Waals surface area contributed by atoms with E-state index >= 15 is 0 Å². The molecule has 3 aromatic rings. The first-order valence-electron chi connectivity index (χ1n) is 7.29. The molecule has 8 heteroatoms. The fourth-order valence-electron chi connectivity index (χ4n) is 2.14. The molecule has 7 nitrogen and oxygen atoms in total. The number of aromatic amines is 1. The van der Waals surface area contributed by atoms with E-state index in [-0.39, 0.29) is 10.9 Å². The third-order valence-corrected chi connectivity index (χ3v) is 4.13. The van der Waals surface area contributed by atoms with Crippen LogP contribution in [-0.4, -0.2) is 11.8 Å². The van der Waals surface area contributed by atoms with E-state index in [1.54, 1.807) is 48.5 Å². The summed E-state index contributed by atoms with van der Waals surface area (Å²) in [6, 6.07) is 15.4. The standard InChI is InChI=1S/C17H12N4O3S/c22-15(11-6-2-1-3-7-11)19-13-9-5-4-8-12(13)16(23)20-17-18-10-14(21-24)25-17/h1-10H,(H,19,22)(H,18,20,23)/p+1. The first-order chi connectivity index (χ1) is 12.2. The molecular weight excluding hydrogens is 340 g/mol. The van der Waals surface area contributed by atoms with Gasteiger partial charge in [-0.2, -0.15) is 5.32 Å². The van der Waals surface area contributed by atoms with E-state index in [1.807, 2.05) is 6.07 Å². The van der Waals surface area contributed by atoms with Crippen LogP contribution in [0.3, 0.4) is 0 Å². The summed E-state index contributed by atoms with van der Waals surface area (Å²) in [6.45, 7) is 0. The Kier molecular flexibility index (Phi) is 4.91. The Labute approximate surface area is 146 Å². The number of nitroso groups, excluding NO2 is 1. The van der Waals surface area contributed by atoms with Gasteiger partial charge in [-0.15, -0.1) is 4.91 Å². The van der Waals surface area contributed by atoms with Crippen LogP contribution in [0, 0.1) is 4.91 Å². The van der Waals surface area contributed by atoms with Gasteiger partial charge in [-0.25, -0.2) is 9.78 Å². The molecule has 0 radical (unpaired) electrons. The number of H-pyrrole nitrogens is 1. The van der Waals surface area contributed by atoms with Crippen molar-refractivity contribution in [3.05, 3.63) is 76.8 Å². The monoisotopic (exact) mass is 353 g/mol. The molecule has 1 heterocycles. The Morgan fingerprint density at radius 1 is 0.920 bits per heavy atom. The van der Waals surface area contributed by atoms with Crippen molar-refractivity contribution in [2.45, 2.75) is 0 Å². The van der Waals surface area contributed by atoms with E-state index in [1.165, 1.54) is 6.20 Å².